The molecule has 0 aliphatic heterocycles. The Balaban J connectivity index is 4.55. The van der Waals surface area contributed by atoms with E-state index in [2.05, 4.69) is 0 Å². The van der Waals surface area contributed by atoms with Crippen LogP contribution in [0.4, 0.5) is 0 Å². The second kappa shape index (κ2) is 3.11. The summed E-state index contributed by atoms with van der Waals surface area (Å²) in [4.78, 5) is 21.2. The van der Waals surface area contributed by atoms with E-state index in [1.807, 2.05) is 0 Å². The lowest BCUT2D eigenvalue weighted by Crippen LogP contribution is -2.46. The fraction of sp³-hybridized carbons (Fsp3) is 0.714. The lowest BCUT2D eigenvalue weighted by molar-refractivity contribution is -0.199. The van der Waals surface area contributed by atoms with Crippen molar-refractivity contribution in [2.75, 3.05) is 0 Å². The van der Waals surface area contributed by atoms with Gasteiger partial charge in [-0.3, -0.25) is 9.59 Å². The van der Waals surface area contributed by atoms with Crippen LogP contribution in [0.5, 0.6) is 0 Å². The lowest BCUT2D eigenvalue weighted by atomic mass is 9.94. The van der Waals surface area contributed by atoms with E-state index in [-0.39, 0.29) is 0 Å². The summed E-state index contributed by atoms with van der Waals surface area (Å²) in [6, 6.07) is 0. The largest absolute Gasteiger partial charge is 0.359 e. The fourth-order valence-corrected chi connectivity index (χ4v) is 0.588. The maximum absolute atomic E-state index is 10.6. The first-order valence-electron chi connectivity index (χ1n) is 3.26. The molecule has 64 valence electrons. The molecule has 0 amide bonds. The summed E-state index contributed by atoms with van der Waals surface area (Å²) in [5.74, 6) is -4.82. The van der Waals surface area contributed by atoms with Crippen molar-refractivity contribution in [3.8, 4) is 0 Å². The van der Waals surface area contributed by atoms with Gasteiger partial charge in [0.25, 0.3) is 0 Å². The maximum Gasteiger partial charge on any atom is 0.233 e. The van der Waals surface area contributed by atoms with Crippen molar-refractivity contribution in [3.05, 3.63) is 0 Å². The van der Waals surface area contributed by atoms with E-state index in [1.165, 1.54) is 13.8 Å². The summed E-state index contributed by atoms with van der Waals surface area (Å²) < 4.78 is 0. The normalized spacial score (nSPS) is 14.3. The van der Waals surface area contributed by atoms with Gasteiger partial charge in [-0.05, 0) is 13.8 Å². The van der Waals surface area contributed by atoms with Crippen LogP contribution in [-0.4, -0.2) is 27.6 Å². The van der Waals surface area contributed by atoms with Crippen molar-refractivity contribution in [2.24, 2.45) is 5.92 Å². The molecule has 11 heavy (non-hydrogen) atoms. The number of aliphatic hydroxyl groups is 2. The van der Waals surface area contributed by atoms with Gasteiger partial charge in [0.15, 0.2) is 5.78 Å². The van der Waals surface area contributed by atoms with Crippen molar-refractivity contribution in [2.45, 2.75) is 26.6 Å². The summed E-state index contributed by atoms with van der Waals surface area (Å²) in [5.41, 5.74) is 0. The third kappa shape index (κ3) is 2.10. The topological polar surface area (TPSA) is 74.6 Å². The van der Waals surface area contributed by atoms with Crippen molar-refractivity contribution in [1.82, 2.24) is 0 Å². The summed E-state index contributed by atoms with van der Waals surface area (Å²) >= 11 is 0. The molecule has 0 saturated carbocycles. The smallest absolute Gasteiger partial charge is 0.233 e. The Morgan fingerprint density at radius 2 is 1.64 bits per heavy atom. The number of rotatable bonds is 3. The lowest BCUT2D eigenvalue weighted by Gasteiger charge is -2.23. The maximum atomic E-state index is 10.6. The summed E-state index contributed by atoms with van der Waals surface area (Å²) in [6.45, 7) is 3.53. The Morgan fingerprint density at radius 3 is 1.73 bits per heavy atom. The monoisotopic (exact) mass is 160 g/mol. The second-order valence-corrected chi connectivity index (χ2v) is 2.61. The third-order valence-corrected chi connectivity index (χ3v) is 1.73. The SMILES string of the molecule is CC(=O)C(C)C(O)(O)C(C)=O. The zero-order valence-corrected chi connectivity index (χ0v) is 6.79. The molecule has 0 spiro atoms. The van der Waals surface area contributed by atoms with Crippen LogP contribution in [0, 0.1) is 5.92 Å². The molecule has 1 atom stereocenters. The first-order chi connectivity index (χ1) is 4.80. The molecule has 0 saturated heterocycles. The number of Topliss-reactive ketones (excluding diaryl/α,β-unsaturated/α-hetero) is 2. The Labute approximate surface area is 64.8 Å². The van der Waals surface area contributed by atoms with Crippen LogP contribution in [0.2, 0.25) is 0 Å². The third-order valence-electron chi connectivity index (χ3n) is 1.73. The van der Waals surface area contributed by atoms with Crippen molar-refractivity contribution in [3.63, 3.8) is 0 Å². The zero-order chi connectivity index (χ0) is 9.23. The predicted molar refractivity (Wildman–Crippen MR) is 37.7 cm³/mol. The minimum absolute atomic E-state index is 0.426. The molecule has 0 aromatic heterocycles. The standard InChI is InChI=1S/C7H12O4/c1-4(5(2)8)7(10,11)6(3)9/h4,10-11H,1-3H3. The van der Waals surface area contributed by atoms with E-state index in [1.54, 1.807) is 0 Å². The van der Waals surface area contributed by atoms with E-state index in [9.17, 15) is 9.59 Å². The Hall–Kier alpha value is -0.740. The van der Waals surface area contributed by atoms with Gasteiger partial charge in [0, 0.05) is 6.92 Å². The van der Waals surface area contributed by atoms with Crippen LogP contribution < -0.4 is 0 Å². The molecule has 0 aliphatic rings. The van der Waals surface area contributed by atoms with Crippen LogP contribution in [0.25, 0.3) is 0 Å². The zero-order valence-electron chi connectivity index (χ0n) is 6.79. The summed E-state index contributed by atoms with van der Waals surface area (Å²) in [7, 11) is 0. The molecule has 0 rings (SSSR count). The van der Waals surface area contributed by atoms with Crippen LogP contribution in [0.3, 0.4) is 0 Å². The van der Waals surface area contributed by atoms with Crippen molar-refractivity contribution in [1.29, 1.82) is 0 Å². The van der Waals surface area contributed by atoms with Gasteiger partial charge in [-0.15, -0.1) is 0 Å². The van der Waals surface area contributed by atoms with Gasteiger partial charge in [-0.2, -0.15) is 0 Å². The van der Waals surface area contributed by atoms with E-state index in [0.29, 0.717) is 0 Å². The molecule has 4 nitrogen and oxygen atoms in total. The Morgan fingerprint density at radius 1 is 1.27 bits per heavy atom. The second-order valence-electron chi connectivity index (χ2n) is 2.61. The number of carbonyl (C=O) groups excluding carboxylic acids is 2. The molecule has 0 fully saturated rings. The average Bonchev–Trinajstić information content (AvgIpc) is 1.85. The fourth-order valence-electron chi connectivity index (χ4n) is 0.588. The van der Waals surface area contributed by atoms with E-state index < -0.39 is 23.3 Å². The van der Waals surface area contributed by atoms with Gasteiger partial charge in [-0.1, -0.05) is 0 Å². The number of hydrogen-bond donors (Lipinski definition) is 2. The molecule has 4 heteroatoms. The highest BCUT2D eigenvalue weighted by Crippen LogP contribution is 2.15. The summed E-state index contributed by atoms with van der Waals surface area (Å²) in [5, 5.41) is 18.0. The average molecular weight is 160 g/mol. The number of hydrogen-bond acceptors (Lipinski definition) is 4. The Bertz CT molecular complexity index is 183. The van der Waals surface area contributed by atoms with Gasteiger partial charge < -0.3 is 10.2 Å². The molecule has 1 unspecified atom stereocenters. The highest BCUT2D eigenvalue weighted by Gasteiger charge is 2.38. The molecule has 0 heterocycles. The van der Waals surface area contributed by atoms with Gasteiger partial charge in [0.1, 0.15) is 5.78 Å². The quantitative estimate of drug-likeness (QED) is 0.545. The first-order valence-corrected chi connectivity index (χ1v) is 3.26. The highest BCUT2D eigenvalue weighted by molar-refractivity contribution is 5.90. The van der Waals surface area contributed by atoms with Gasteiger partial charge in [0.2, 0.25) is 5.79 Å². The summed E-state index contributed by atoms with van der Waals surface area (Å²) in [6.07, 6.45) is 0. The van der Waals surface area contributed by atoms with Crippen LogP contribution in [-0.2, 0) is 9.59 Å². The predicted octanol–water partition coefficient (Wildman–Crippen LogP) is -0.519. The van der Waals surface area contributed by atoms with E-state index in [4.69, 9.17) is 10.2 Å². The first kappa shape index (κ1) is 10.3. The molecule has 2 N–H and O–H groups in total. The highest BCUT2D eigenvalue weighted by atomic mass is 16.5. The Kier molecular flexibility index (Phi) is 2.90. The molecular formula is C7H12O4. The molecule has 0 radical (unpaired) electrons. The van der Waals surface area contributed by atoms with Gasteiger partial charge >= 0.3 is 0 Å². The molecule has 0 aliphatic carbocycles. The minimum atomic E-state index is -2.51. The van der Waals surface area contributed by atoms with Gasteiger partial charge in [0.05, 0.1) is 5.92 Å². The van der Waals surface area contributed by atoms with E-state index >= 15 is 0 Å². The van der Waals surface area contributed by atoms with Gasteiger partial charge in [-0.25, -0.2) is 0 Å². The minimum Gasteiger partial charge on any atom is -0.359 e. The van der Waals surface area contributed by atoms with Crippen LogP contribution in [0.1, 0.15) is 20.8 Å². The molecule has 0 aromatic rings. The van der Waals surface area contributed by atoms with Crippen molar-refractivity contribution >= 4 is 11.6 Å². The molecule has 0 aromatic carbocycles. The number of ketones is 2. The number of carbonyl (C=O) groups is 2. The van der Waals surface area contributed by atoms with Crippen molar-refractivity contribution < 1.29 is 19.8 Å². The van der Waals surface area contributed by atoms with Crippen LogP contribution in [0.15, 0.2) is 0 Å². The molecule has 0 bridgehead atoms. The molecular weight excluding hydrogens is 148 g/mol. The van der Waals surface area contributed by atoms with E-state index in [0.717, 1.165) is 6.92 Å². The van der Waals surface area contributed by atoms with Crippen LogP contribution >= 0.6 is 0 Å².